The number of para-hydroxylation sites is 1. The number of hydrogen-bond donors (Lipinski definition) is 3. The lowest BCUT2D eigenvalue weighted by Crippen LogP contribution is -2.39. The quantitative estimate of drug-likeness (QED) is 0.337. The highest BCUT2D eigenvalue weighted by Crippen LogP contribution is 2.30. The summed E-state index contributed by atoms with van der Waals surface area (Å²) in [5, 5.41) is 13.8. The molecule has 3 N–H and O–H groups in total. The monoisotopic (exact) mass is 472 g/mol. The summed E-state index contributed by atoms with van der Waals surface area (Å²) in [6.07, 6.45) is 4.08. The van der Waals surface area contributed by atoms with E-state index in [9.17, 15) is 9.90 Å². The second kappa shape index (κ2) is 9.85. The van der Waals surface area contributed by atoms with Crippen molar-refractivity contribution in [1.82, 2.24) is 15.0 Å². The Kier molecular flexibility index (Phi) is 6.48. The van der Waals surface area contributed by atoms with Crippen LogP contribution in [0.25, 0.3) is 11.0 Å². The molecule has 0 radical (unpaired) electrons. The van der Waals surface area contributed by atoms with E-state index in [2.05, 4.69) is 20.3 Å². The highest BCUT2D eigenvalue weighted by Gasteiger charge is 2.27. The molecular weight excluding hydrogens is 444 g/mol. The van der Waals surface area contributed by atoms with Gasteiger partial charge < -0.3 is 24.9 Å². The first kappa shape index (κ1) is 23.0. The number of aromatic nitrogens is 3. The molecule has 4 aromatic rings. The molecule has 180 valence electrons. The van der Waals surface area contributed by atoms with Crippen molar-refractivity contribution >= 4 is 22.6 Å². The molecule has 1 aliphatic rings. The van der Waals surface area contributed by atoms with Gasteiger partial charge in [-0.1, -0.05) is 18.2 Å². The third-order valence-corrected chi connectivity index (χ3v) is 6.33. The molecule has 0 saturated carbocycles. The molecule has 5 rings (SSSR count). The molecule has 35 heavy (non-hydrogen) atoms. The van der Waals surface area contributed by atoms with E-state index in [1.165, 1.54) is 6.33 Å². The number of aliphatic hydroxyl groups excluding tert-OH is 1. The first-order valence-corrected chi connectivity index (χ1v) is 11.8. The number of ketones is 1. The fourth-order valence-electron chi connectivity index (χ4n) is 4.43. The van der Waals surface area contributed by atoms with Crippen LogP contribution < -0.4 is 10.1 Å². The van der Waals surface area contributed by atoms with Gasteiger partial charge in [0, 0.05) is 11.8 Å². The third kappa shape index (κ3) is 4.89. The fraction of sp³-hybridized carbons (Fsp3) is 0.296. The lowest BCUT2D eigenvalue weighted by molar-refractivity contribution is -0.0584. The molecule has 1 aliphatic heterocycles. The maximum absolute atomic E-state index is 13.6. The Labute approximate surface area is 203 Å². The number of H-pyrrole nitrogens is 1. The van der Waals surface area contributed by atoms with Crippen LogP contribution in [0.1, 0.15) is 41.3 Å². The van der Waals surface area contributed by atoms with E-state index in [4.69, 9.17) is 9.47 Å². The molecular formula is C27H28N4O4. The molecule has 0 bridgehead atoms. The fourth-order valence-corrected chi connectivity index (χ4v) is 4.43. The van der Waals surface area contributed by atoms with Gasteiger partial charge in [-0.25, -0.2) is 9.97 Å². The zero-order valence-electron chi connectivity index (χ0n) is 19.7. The molecule has 8 nitrogen and oxygen atoms in total. The van der Waals surface area contributed by atoms with Crippen molar-refractivity contribution in [2.24, 2.45) is 0 Å². The lowest BCUT2D eigenvalue weighted by Gasteiger charge is -2.31. The van der Waals surface area contributed by atoms with Gasteiger partial charge in [0.15, 0.2) is 5.78 Å². The van der Waals surface area contributed by atoms with Gasteiger partial charge in [-0.2, -0.15) is 0 Å². The number of nitrogens with zero attached hydrogens (tertiary/aromatic N) is 2. The second-order valence-electron chi connectivity index (χ2n) is 8.90. The first-order valence-electron chi connectivity index (χ1n) is 11.8. The number of fused-ring (bicyclic) bond motifs is 1. The van der Waals surface area contributed by atoms with Crippen LogP contribution in [0.5, 0.6) is 11.5 Å². The molecule has 1 fully saturated rings. The number of aryl methyl sites for hydroxylation is 1. The third-order valence-electron chi connectivity index (χ3n) is 6.33. The van der Waals surface area contributed by atoms with Gasteiger partial charge >= 0.3 is 0 Å². The summed E-state index contributed by atoms with van der Waals surface area (Å²) in [5.41, 5.74) is 2.49. The summed E-state index contributed by atoms with van der Waals surface area (Å²) in [5.74, 6) is 1.88. The number of aliphatic hydroxyl groups is 1. The lowest BCUT2D eigenvalue weighted by atomic mass is 9.98. The van der Waals surface area contributed by atoms with Crippen molar-refractivity contribution in [2.45, 2.75) is 44.9 Å². The van der Waals surface area contributed by atoms with Crippen LogP contribution in [0.15, 0.2) is 61.1 Å². The average Bonchev–Trinajstić information content (AvgIpc) is 3.30. The predicted molar refractivity (Wildman–Crippen MR) is 133 cm³/mol. The maximum Gasteiger partial charge on any atom is 0.195 e. The van der Waals surface area contributed by atoms with E-state index in [1.807, 2.05) is 43.3 Å². The minimum atomic E-state index is -0.497. The van der Waals surface area contributed by atoms with Crippen molar-refractivity contribution in [1.29, 1.82) is 0 Å². The van der Waals surface area contributed by atoms with E-state index in [0.29, 0.717) is 40.3 Å². The molecule has 3 atom stereocenters. The molecule has 1 saturated heterocycles. The van der Waals surface area contributed by atoms with E-state index in [-0.39, 0.29) is 17.9 Å². The molecule has 3 heterocycles. The SMILES string of the molecule is Cc1cc(Oc2ccccc2)ccc1C(=O)c1c[nH]c2ncnc(N[C@@H]3CC[C@@H]([C@@H](C)O)OC3)c12. The van der Waals surface area contributed by atoms with Crippen LogP contribution in [0.4, 0.5) is 5.82 Å². The van der Waals surface area contributed by atoms with E-state index < -0.39 is 6.10 Å². The number of anilines is 1. The topological polar surface area (TPSA) is 109 Å². The van der Waals surface area contributed by atoms with Gasteiger partial charge in [0.2, 0.25) is 0 Å². The van der Waals surface area contributed by atoms with Crippen LogP contribution in [0, 0.1) is 6.92 Å². The van der Waals surface area contributed by atoms with Crippen LogP contribution in [-0.4, -0.2) is 50.7 Å². The van der Waals surface area contributed by atoms with Crippen molar-refractivity contribution in [2.75, 3.05) is 11.9 Å². The van der Waals surface area contributed by atoms with E-state index in [1.54, 1.807) is 25.3 Å². The van der Waals surface area contributed by atoms with Crippen molar-refractivity contribution in [3.63, 3.8) is 0 Å². The van der Waals surface area contributed by atoms with Gasteiger partial charge in [-0.15, -0.1) is 0 Å². The van der Waals surface area contributed by atoms with E-state index >= 15 is 0 Å². The number of aromatic amines is 1. The number of nitrogens with one attached hydrogen (secondary N) is 2. The van der Waals surface area contributed by atoms with Crippen molar-refractivity contribution < 1.29 is 19.4 Å². The zero-order valence-corrected chi connectivity index (χ0v) is 19.7. The average molecular weight is 473 g/mol. The minimum Gasteiger partial charge on any atom is -0.457 e. The van der Waals surface area contributed by atoms with Gasteiger partial charge in [-0.05, 0) is 62.6 Å². The zero-order chi connectivity index (χ0) is 24.4. The number of rotatable bonds is 7. The predicted octanol–water partition coefficient (Wildman–Crippen LogP) is 4.63. The number of ether oxygens (including phenoxy) is 2. The van der Waals surface area contributed by atoms with Crippen LogP contribution in [0.2, 0.25) is 0 Å². The standard InChI is InChI=1S/C27H28N4O4/c1-16-12-20(35-19-6-4-3-5-7-19)9-10-21(16)25(33)22-13-28-26-24(22)27(30-15-29-26)31-18-8-11-23(17(2)32)34-14-18/h3-7,9-10,12-13,15,17-18,23,32H,8,11,14H2,1-2H3,(H2,28,29,30,31)/t17-,18-,23+/m1/s1. The molecule has 2 aromatic carbocycles. The van der Waals surface area contributed by atoms with Crippen molar-refractivity contribution in [3.8, 4) is 11.5 Å². The smallest absolute Gasteiger partial charge is 0.195 e. The largest absolute Gasteiger partial charge is 0.457 e. The summed E-state index contributed by atoms with van der Waals surface area (Å²) >= 11 is 0. The summed E-state index contributed by atoms with van der Waals surface area (Å²) < 4.78 is 11.7. The maximum atomic E-state index is 13.6. The molecule has 0 unspecified atom stereocenters. The Morgan fingerprint density at radius 3 is 2.69 bits per heavy atom. The minimum absolute atomic E-state index is 0.0251. The van der Waals surface area contributed by atoms with Crippen LogP contribution in [-0.2, 0) is 4.74 Å². The highest BCUT2D eigenvalue weighted by molar-refractivity contribution is 6.18. The van der Waals surface area contributed by atoms with Crippen LogP contribution >= 0.6 is 0 Å². The molecule has 0 aliphatic carbocycles. The van der Waals surface area contributed by atoms with Gasteiger partial charge in [0.25, 0.3) is 0 Å². The summed E-state index contributed by atoms with van der Waals surface area (Å²) in [6.45, 7) is 4.09. The molecule has 0 spiro atoms. The first-order chi connectivity index (χ1) is 17.0. The molecule has 0 amide bonds. The number of benzene rings is 2. The summed E-state index contributed by atoms with van der Waals surface area (Å²) in [4.78, 5) is 25.4. The summed E-state index contributed by atoms with van der Waals surface area (Å²) in [6, 6.07) is 15.0. The normalized spacial score (nSPS) is 18.8. The molecule has 2 aromatic heterocycles. The Morgan fingerprint density at radius 2 is 1.97 bits per heavy atom. The van der Waals surface area contributed by atoms with Gasteiger partial charge in [0.05, 0.1) is 35.8 Å². The number of carbonyl (C=O) groups is 1. The Bertz CT molecular complexity index is 1330. The Balaban J connectivity index is 1.39. The van der Waals surface area contributed by atoms with E-state index in [0.717, 1.165) is 24.2 Å². The second-order valence-corrected chi connectivity index (χ2v) is 8.90. The van der Waals surface area contributed by atoms with Crippen LogP contribution in [0.3, 0.4) is 0 Å². The number of hydrogen-bond acceptors (Lipinski definition) is 7. The Hall–Kier alpha value is -3.75. The number of carbonyl (C=O) groups excluding carboxylic acids is 1. The molecule has 8 heteroatoms. The Morgan fingerprint density at radius 1 is 1.14 bits per heavy atom. The summed E-state index contributed by atoms with van der Waals surface area (Å²) in [7, 11) is 0. The van der Waals surface area contributed by atoms with Crippen molar-refractivity contribution in [3.05, 3.63) is 77.7 Å². The highest BCUT2D eigenvalue weighted by atomic mass is 16.5. The van der Waals surface area contributed by atoms with Gasteiger partial charge in [-0.3, -0.25) is 4.79 Å². The van der Waals surface area contributed by atoms with Gasteiger partial charge in [0.1, 0.15) is 29.3 Å².